The maximum Gasteiger partial charge on any atom is 0.270 e. The van der Waals surface area contributed by atoms with Crippen LogP contribution in [0.15, 0.2) is 48.8 Å². The molecule has 29 heavy (non-hydrogen) atoms. The number of benzene rings is 2. The van der Waals surface area contributed by atoms with E-state index in [0.29, 0.717) is 12.1 Å². The Bertz CT molecular complexity index is 1040. The van der Waals surface area contributed by atoms with Gasteiger partial charge in [0.15, 0.2) is 0 Å². The number of nitro benzene ring substituents is 1. The van der Waals surface area contributed by atoms with Gasteiger partial charge in [-0.05, 0) is 37.5 Å². The van der Waals surface area contributed by atoms with E-state index in [0.717, 1.165) is 55.6 Å². The van der Waals surface area contributed by atoms with E-state index in [-0.39, 0.29) is 11.6 Å². The maximum absolute atomic E-state index is 12.8. The lowest BCUT2D eigenvalue weighted by molar-refractivity contribution is -0.384. The number of aryl methyl sites for hydroxylation is 1. The van der Waals surface area contributed by atoms with E-state index in [2.05, 4.69) is 19.8 Å². The van der Waals surface area contributed by atoms with Gasteiger partial charge in [0.2, 0.25) is 0 Å². The minimum Gasteiger partial charge on any atom is -0.371 e. The lowest BCUT2D eigenvalue weighted by Crippen LogP contribution is -2.28. The molecule has 8 nitrogen and oxygen atoms in total. The Morgan fingerprint density at radius 1 is 1.17 bits per heavy atom. The highest BCUT2D eigenvalue weighted by molar-refractivity contribution is 6.00. The third-order valence-corrected chi connectivity index (χ3v) is 5.27. The van der Waals surface area contributed by atoms with E-state index in [4.69, 9.17) is 0 Å². The minimum atomic E-state index is -0.464. The van der Waals surface area contributed by atoms with Crippen molar-refractivity contribution in [2.75, 3.05) is 24.5 Å². The number of aromatic nitrogens is 2. The molecule has 0 saturated carbocycles. The van der Waals surface area contributed by atoms with E-state index in [1.807, 2.05) is 24.3 Å². The van der Waals surface area contributed by atoms with Gasteiger partial charge >= 0.3 is 0 Å². The molecular weight excluding hydrogens is 370 g/mol. The van der Waals surface area contributed by atoms with E-state index in [1.165, 1.54) is 12.1 Å². The number of non-ortho nitro benzene ring substituents is 1. The molecule has 1 N–H and O–H groups in total. The number of nitro groups is 1. The average molecular weight is 393 g/mol. The highest BCUT2D eigenvalue weighted by atomic mass is 16.6. The molecule has 1 aliphatic rings. The number of carbonyl (C=O) groups is 1. The SMILES string of the molecule is O=C(NCCCn1cnc2ccccc21)c1cc([N+](=O)[O-])ccc1N1CCCC1. The number of para-hydroxylation sites is 2. The van der Waals surface area contributed by atoms with E-state index >= 15 is 0 Å². The monoisotopic (exact) mass is 393 g/mol. The van der Waals surface area contributed by atoms with E-state index in [1.54, 1.807) is 12.4 Å². The number of nitrogens with one attached hydrogen (secondary N) is 1. The standard InChI is InChI=1S/C21H23N5O3/c27-21(22-10-5-13-25-15-23-18-6-1-2-7-20(18)25)17-14-16(26(28)29)8-9-19(17)24-11-3-4-12-24/h1-2,6-9,14-15H,3-5,10-13H2,(H,22,27). The summed E-state index contributed by atoms with van der Waals surface area (Å²) >= 11 is 0. The van der Waals surface area contributed by atoms with Gasteiger partial charge in [-0.25, -0.2) is 4.98 Å². The quantitative estimate of drug-likeness (QED) is 0.377. The number of anilines is 1. The van der Waals surface area contributed by atoms with Gasteiger partial charge in [0.25, 0.3) is 11.6 Å². The fourth-order valence-corrected chi connectivity index (χ4v) is 3.79. The van der Waals surface area contributed by atoms with Crippen molar-refractivity contribution in [2.24, 2.45) is 0 Å². The molecule has 1 aromatic heterocycles. The van der Waals surface area contributed by atoms with Crippen LogP contribution in [0.1, 0.15) is 29.6 Å². The molecule has 4 rings (SSSR count). The van der Waals surface area contributed by atoms with Crippen LogP contribution in [0.3, 0.4) is 0 Å². The van der Waals surface area contributed by atoms with E-state index < -0.39 is 4.92 Å². The Balaban J connectivity index is 1.42. The molecule has 8 heteroatoms. The van der Waals surface area contributed by atoms with Crippen LogP contribution >= 0.6 is 0 Å². The molecule has 0 unspecified atom stereocenters. The van der Waals surface area contributed by atoms with Gasteiger partial charge in [0.1, 0.15) is 0 Å². The van der Waals surface area contributed by atoms with Crippen LogP contribution in [0.4, 0.5) is 11.4 Å². The number of rotatable bonds is 7. The summed E-state index contributed by atoms with van der Waals surface area (Å²) in [5, 5.41) is 14.1. The Labute approximate surface area is 168 Å². The Hall–Kier alpha value is -3.42. The van der Waals surface area contributed by atoms with Gasteiger partial charge in [-0.2, -0.15) is 0 Å². The first-order chi connectivity index (χ1) is 14.1. The zero-order chi connectivity index (χ0) is 20.2. The first-order valence-electron chi connectivity index (χ1n) is 9.85. The number of hydrogen-bond donors (Lipinski definition) is 1. The Morgan fingerprint density at radius 3 is 2.76 bits per heavy atom. The predicted octanol–water partition coefficient (Wildman–Crippen LogP) is 3.36. The summed E-state index contributed by atoms with van der Waals surface area (Å²) in [6.45, 7) is 2.94. The van der Waals surface area contributed by atoms with Gasteiger partial charge in [0.05, 0.1) is 33.5 Å². The van der Waals surface area contributed by atoms with Crippen molar-refractivity contribution < 1.29 is 9.72 Å². The second kappa shape index (κ2) is 8.30. The molecule has 1 amide bonds. The lowest BCUT2D eigenvalue weighted by Gasteiger charge is -2.21. The topological polar surface area (TPSA) is 93.3 Å². The number of imidazole rings is 1. The first-order valence-corrected chi connectivity index (χ1v) is 9.85. The number of carbonyl (C=O) groups excluding carboxylic acids is 1. The van der Waals surface area contributed by atoms with Crippen molar-refractivity contribution in [3.8, 4) is 0 Å². The van der Waals surface area contributed by atoms with Gasteiger partial charge in [-0.1, -0.05) is 12.1 Å². The number of nitrogens with zero attached hydrogens (tertiary/aromatic N) is 4. The van der Waals surface area contributed by atoms with Gasteiger partial charge in [0, 0.05) is 38.3 Å². The Kier molecular flexibility index (Phi) is 5.41. The zero-order valence-electron chi connectivity index (χ0n) is 16.1. The van der Waals surface area contributed by atoms with Gasteiger partial charge in [-0.15, -0.1) is 0 Å². The molecule has 2 heterocycles. The normalized spacial score (nSPS) is 13.7. The van der Waals surface area contributed by atoms with Crippen LogP contribution in [-0.4, -0.2) is 40.0 Å². The molecule has 2 aromatic carbocycles. The van der Waals surface area contributed by atoms with Crippen LogP contribution < -0.4 is 10.2 Å². The van der Waals surface area contributed by atoms with Crippen LogP contribution in [0.25, 0.3) is 11.0 Å². The highest BCUT2D eigenvalue weighted by Gasteiger charge is 2.22. The van der Waals surface area contributed by atoms with E-state index in [9.17, 15) is 14.9 Å². The molecule has 1 saturated heterocycles. The average Bonchev–Trinajstić information content (AvgIpc) is 3.41. The number of fused-ring (bicyclic) bond motifs is 1. The second-order valence-electron chi connectivity index (χ2n) is 7.19. The van der Waals surface area contributed by atoms with Crippen LogP contribution in [-0.2, 0) is 6.54 Å². The molecule has 0 spiro atoms. The summed E-state index contributed by atoms with van der Waals surface area (Å²) < 4.78 is 2.06. The maximum atomic E-state index is 12.8. The van der Waals surface area contributed by atoms with Crippen molar-refractivity contribution in [3.63, 3.8) is 0 Å². The summed E-state index contributed by atoms with van der Waals surface area (Å²) in [5.41, 5.74) is 3.08. The third-order valence-electron chi connectivity index (χ3n) is 5.27. The fraction of sp³-hybridized carbons (Fsp3) is 0.333. The molecule has 1 aliphatic heterocycles. The summed E-state index contributed by atoms with van der Waals surface area (Å²) in [6, 6.07) is 12.5. The summed E-state index contributed by atoms with van der Waals surface area (Å²) in [6.07, 6.45) is 4.67. The molecule has 0 radical (unpaired) electrons. The smallest absolute Gasteiger partial charge is 0.270 e. The summed E-state index contributed by atoms with van der Waals surface area (Å²) in [5.74, 6) is -0.272. The lowest BCUT2D eigenvalue weighted by atomic mass is 10.1. The van der Waals surface area contributed by atoms with Crippen molar-refractivity contribution >= 4 is 28.3 Å². The Morgan fingerprint density at radius 2 is 1.97 bits per heavy atom. The van der Waals surface area contributed by atoms with Crippen LogP contribution in [0.5, 0.6) is 0 Å². The molecule has 1 fully saturated rings. The molecular formula is C21H23N5O3. The minimum absolute atomic E-state index is 0.0667. The summed E-state index contributed by atoms with van der Waals surface area (Å²) in [7, 11) is 0. The fourth-order valence-electron chi connectivity index (χ4n) is 3.79. The molecule has 0 atom stereocenters. The van der Waals surface area contributed by atoms with Crippen LogP contribution in [0.2, 0.25) is 0 Å². The first kappa shape index (κ1) is 18.9. The van der Waals surface area contributed by atoms with Crippen molar-refractivity contribution in [1.29, 1.82) is 0 Å². The highest BCUT2D eigenvalue weighted by Crippen LogP contribution is 2.28. The number of amides is 1. The van der Waals surface area contributed by atoms with Crippen molar-refractivity contribution in [3.05, 3.63) is 64.5 Å². The molecule has 0 bridgehead atoms. The largest absolute Gasteiger partial charge is 0.371 e. The van der Waals surface area contributed by atoms with Gasteiger partial charge < -0.3 is 14.8 Å². The zero-order valence-corrected chi connectivity index (χ0v) is 16.1. The second-order valence-corrected chi connectivity index (χ2v) is 7.19. The molecule has 150 valence electrons. The van der Waals surface area contributed by atoms with Crippen molar-refractivity contribution in [1.82, 2.24) is 14.9 Å². The van der Waals surface area contributed by atoms with Crippen LogP contribution in [0, 0.1) is 10.1 Å². The third kappa shape index (κ3) is 4.06. The van der Waals surface area contributed by atoms with Crippen molar-refractivity contribution in [2.45, 2.75) is 25.8 Å². The molecule has 0 aliphatic carbocycles. The molecule has 3 aromatic rings. The van der Waals surface area contributed by atoms with Gasteiger partial charge in [-0.3, -0.25) is 14.9 Å². The summed E-state index contributed by atoms with van der Waals surface area (Å²) in [4.78, 5) is 30.0. The predicted molar refractivity (Wildman–Crippen MR) is 111 cm³/mol. The number of hydrogen-bond acceptors (Lipinski definition) is 5.